The van der Waals surface area contributed by atoms with E-state index in [2.05, 4.69) is 14.6 Å². The summed E-state index contributed by atoms with van der Waals surface area (Å²) in [6, 6.07) is 0.712. The maximum absolute atomic E-state index is 11.9. The lowest BCUT2D eigenvalue weighted by molar-refractivity contribution is -0.153. The molecular weight excluding hydrogens is 293 g/mol. The number of aromatic nitrogens is 2. The molecule has 0 atom stereocenters. The number of nitrogens with zero attached hydrogens (tertiary/aromatic N) is 2. The van der Waals surface area contributed by atoms with E-state index in [-0.39, 0.29) is 0 Å². The highest BCUT2D eigenvalue weighted by Crippen LogP contribution is 2.22. The molecule has 106 valence electrons. The molecule has 0 unspecified atom stereocenters. The Morgan fingerprint density at radius 3 is 2.68 bits per heavy atom. The van der Waals surface area contributed by atoms with Crippen LogP contribution >= 0.6 is 11.6 Å². The van der Waals surface area contributed by atoms with Gasteiger partial charge in [-0.25, -0.2) is 4.68 Å². The lowest BCUT2D eigenvalue weighted by Crippen LogP contribution is -2.28. The summed E-state index contributed by atoms with van der Waals surface area (Å²) >= 11 is 5.54. The fourth-order valence-corrected chi connectivity index (χ4v) is 1.21. The lowest BCUT2D eigenvalue weighted by Gasteiger charge is -2.10. The first-order valence-corrected chi connectivity index (χ1v) is 5.15. The van der Waals surface area contributed by atoms with Crippen LogP contribution in [-0.2, 0) is 16.1 Å². The smallest absolute Gasteiger partial charge is 0.422 e. The summed E-state index contributed by atoms with van der Waals surface area (Å²) in [4.78, 5) is 22.4. The third-order valence-corrected chi connectivity index (χ3v) is 2.08. The quantitative estimate of drug-likeness (QED) is 0.776. The summed E-state index contributed by atoms with van der Waals surface area (Å²) < 4.78 is 45.1. The van der Waals surface area contributed by atoms with Gasteiger partial charge in [-0.1, -0.05) is 11.6 Å². The third kappa shape index (κ3) is 4.78. The summed E-state index contributed by atoms with van der Waals surface area (Å²) in [6.07, 6.45) is -4.57. The predicted octanol–water partition coefficient (Wildman–Crippen LogP) is 1.01. The van der Waals surface area contributed by atoms with Crippen molar-refractivity contribution in [1.82, 2.24) is 9.78 Å². The number of ether oxygens (including phenoxy) is 2. The first-order valence-electron chi connectivity index (χ1n) is 4.77. The molecule has 0 radical (unpaired) electrons. The molecule has 0 N–H and O–H groups in total. The average molecular weight is 301 g/mol. The van der Waals surface area contributed by atoms with Gasteiger partial charge in [0.25, 0.3) is 5.56 Å². The van der Waals surface area contributed by atoms with Gasteiger partial charge in [0.1, 0.15) is 6.54 Å². The van der Waals surface area contributed by atoms with Crippen molar-refractivity contribution in [3.63, 3.8) is 0 Å². The number of carbonyl (C=O) groups is 1. The summed E-state index contributed by atoms with van der Waals surface area (Å²) in [5, 5.41) is 2.97. The number of hydrogen-bond donors (Lipinski definition) is 0. The highest BCUT2D eigenvalue weighted by atomic mass is 35.5. The van der Waals surface area contributed by atoms with E-state index in [1.165, 1.54) is 0 Å². The van der Waals surface area contributed by atoms with Gasteiger partial charge in [0.15, 0.2) is 17.5 Å². The maximum Gasteiger partial charge on any atom is 0.422 e. The summed E-state index contributed by atoms with van der Waals surface area (Å²) in [5.74, 6) is -1.26. The Kier molecular flexibility index (Phi) is 4.76. The molecule has 0 aliphatic rings. The van der Waals surface area contributed by atoms with Crippen LogP contribution in [0, 0.1) is 0 Å². The van der Waals surface area contributed by atoms with E-state index in [9.17, 15) is 22.8 Å². The number of rotatable bonds is 4. The van der Waals surface area contributed by atoms with E-state index >= 15 is 0 Å². The lowest BCUT2D eigenvalue weighted by atomic mass is 10.5. The van der Waals surface area contributed by atoms with Gasteiger partial charge in [0.05, 0.1) is 13.2 Å². The molecule has 19 heavy (non-hydrogen) atoms. The Bertz CT molecular complexity index is 529. The number of halogens is 4. The molecule has 0 amide bonds. The van der Waals surface area contributed by atoms with Crippen molar-refractivity contribution in [2.45, 2.75) is 12.7 Å². The Hall–Kier alpha value is -1.77. The topological polar surface area (TPSA) is 70.4 Å². The van der Waals surface area contributed by atoms with E-state index in [0.717, 1.165) is 7.11 Å². The van der Waals surface area contributed by atoms with Crippen LogP contribution in [-0.4, -0.2) is 35.6 Å². The fraction of sp³-hybridized carbons (Fsp3) is 0.444. The minimum Gasteiger partial charge on any atom is -0.481 e. The van der Waals surface area contributed by atoms with Crippen LogP contribution in [0.3, 0.4) is 0 Å². The Balaban J connectivity index is 2.91. The van der Waals surface area contributed by atoms with Crippen LogP contribution < -0.4 is 10.3 Å². The standard InChI is InChI=1S/C9H8ClF3N2O4/c1-18-7(17)3-15-6(16)2-5(8(10)14-15)19-4-9(11,12)13/h2H,3-4H2,1H3. The van der Waals surface area contributed by atoms with E-state index in [1.54, 1.807) is 0 Å². The van der Waals surface area contributed by atoms with Gasteiger partial charge in [-0.3, -0.25) is 9.59 Å². The Morgan fingerprint density at radius 2 is 2.16 bits per heavy atom. The molecule has 0 aromatic carbocycles. The number of carbonyl (C=O) groups excluding carboxylic acids is 1. The van der Waals surface area contributed by atoms with Gasteiger partial charge in [0.2, 0.25) is 0 Å². The van der Waals surface area contributed by atoms with E-state index < -0.39 is 41.8 Å². The zero-order valence-electron chi connectivity index (χ0n) is 9.53. The second-order valence-electron chi connectivity index (χ2n) is 3.28. The zero-order chi connectivity index (χ0) is 14.6. The zero-order valence-corrected chi connectivity index (χ0v) is 10.3. The second-order valence-corrected chi connectivity index (χ2v) is 3.63. The molecule has 1 aromatic rings. The normalized spacial score (nSPS) is 11.2. The van der Waals surface area contributed by atoms with Crippen molar-refractivity contribution >= 4 is 17.6 Å². The molecule has 6 nitrogen and oxygen atoms in total. The SMILES string of the molecule is COC(=O)Cn1nc(Cl)c(OCC(F)(F)F)cc1=O. The Labute approximate surface area is 109 Å². The van der Waals surface area contributed by atoms with Crippen LogP contribution in [0.1, 0.15) is 0 Å². The molecule has 1 rings (SSSR count). The van der Waals surface area contributed by atoms with Crippen molar-refractivity contribution in [3.05, 3.63) is 21.6 Å². The van der Waals surface area contributed by atoms with Gasteiger partial charge in [-0.05, 0) is 0 Å². The van der Waals surface area contributed by atoms with Crippen LogP contribution in [0.2, 0.25) is 5.15 Å². The largest absolute Gasteiger partial charge is 0.481 e. The van der Waals surface area contributed by atoms with Crippen LogP contribution in [0.15, 0.2) is 10.9 Å². The van der Waals surface area contributed by atoms with Gasteiger partial charge in [0, 0.05) is 0 Å². The minimum absolute atomic E-state index is 0.465. The van der Waals surface area contributed by atoms with Crippen LogP contribution in [0.4, 0.5) is 13.2 Å². The summed E-state index contributed by atoms with van der Waals surface area (Å²) in [7, 11) is 1.11. The van der Waals surface area contributed by atoms with Crippen molar-refractivity contribution in [2.24, 2.45) is 0 Å². The van der Waals surface area contributed by atoms with Crippen LogP contribution in [0.25, 0.3) is 0 Å². The highest BCUT2D eigenvalue weighted by molar-refractivity contribution is 6.30. The van der Waals surface area contributed by atoms with Crippen molar-refractivity contribution in [3.8, 4) is 5.75 Å². The maximum atomic E-state index is 11.9. The first kappa shape index (κ1) is 15.3. The first-order chi connectivity index (χ1) is 8.73. The predicted molar refractivity (Wildman–Crippen MR) is 57.1 cm³/mol. The minimum atomic E-state index is -4.57. The molecule has 10 heteroatoms. The van der Waals surface area contributed by atoms with Crippen molar-refractivity contribution < 1.29 is 27.4 Å². The molecule has 0 aliphatic heterocycles. The number of hydrogen-bond acceptors (Lipinski definition) is 5. The van der Waals surface area contributed by atoms with E-state index in [0.29, 0.717) is 10.7 Å². The van der Waals surface area contributed by atoms with Crippen LogP contribution in [0.5, 0.6) is 5.75 Å². The third-order valence-electron chi connectivity index (χ3n) is 1.82. The van der Waals surface area contributed by atoms with Gasteiger partial charge in [-0.15, -0.1) is 0 Å². The molecule has 0 saturated carbocycles. The molecule has 0 aliphatic carbocycles. The highest BCUT2D eigenvalue weighted by Gasteiger charge is 2.29. The van der Waals surface area contributed by atoms with Gasteiger partial charge >= 0.3 is 12.1 Å². The van der Waals surface area contributed by atoms with Gasteiger partial charge < -0.3 is 9.47 Å². The number of esters is 1. The van der Waals surface area contributed by atoms with Crippen molar-refractivity contribution in [1.29, 1.82) is 0 Å². The summed E-state index contributed by atoms with van der Waals surface area (Å²) in [5.41, 5.74) is -0.841. The molecule has 0 bridgehead atoms. The molecule has 1 aromatic heterocycles. The second kappa shape index (κ2) is 5.91. The monoisotopic (exact) mass is 300 g/mol. The average Bonchev–Trinajstić information content (AvgIpc) is 2.30. The molecule has 0 spiro atoms. The molecular formula is C9H8ClF3N2O4. The number of methoxy groups -OCH3 is 1. The van der Waals surface area contributed by atoms with E-state index in [1.807, 2.05) is 0 Å². The van der Waals surface area contributed by atoms with E-state index in [4.69, 9.17) is 11.6 Å². The molecule has 1 heterocycles. The van der Waals surface area contributed by atoms with Gasteiger partial charge in [-0.2, -0.15) is 18.3 Å². The summed E-state index contributed by atoms with van der Waals surface area (Å²) in [6.45, 7) is -2.11. The molecule has 0 saturated heterocycles. The van der Waals surface area contributed by atoms with Crippen molar-refractivity contribution in [2.75, 3.05) is 13.7 Å². The fourth-order valence-electron chi connectivity index (χ4n) is 1.01. The number of alkyl halides is 3. The molecule has 0 fully saturated rings. The Morgan fingerprint density at radius 1 is 1.53 bits per heavy atom.